The van der Waals surface area contributed by atoms with Crippen LogP contribution >= 0.6 is 0 Å². The van der Waals surface area contributed by atoms with Crippen molar-refractivity contribution in [2.75, 3.05) is 29.9 Å². The molecule has 0 saturated carbocycles. The molecule has 1 unspecified atom stereocenters. The molecule has 0 bridgehead atoms. The van der Waals surface area contributed by atoms with Gasteiger partial charge in [-0.1, -0.05) is 112 Å². The summed E-state index contributed by atoms with van der Waals surface area (Å²) in [5.74, 6) is 0.461. The summed E-state index contributed by atoms with van der Waals surface area (Å²) in [4.78, 5) is 4.55. The van der Waals surface area contributed by atoms with Crippen LogP contribution in [0.4, 0.5) is 11.4 Å². The van der Waals surface area contributed by atoms with Crippen LogP contribution in [0.25, 0.3) is 16.7 Å². The summed E-state index contributed by atoms with van der Waals surface area (Å²) in [5, 5.41) is 0. The van der Waals surface area contributed by atoms with Crippen molar-refractivity contribution in [3.8, 4) is 11.1 Å². The second-order valence-electron chi connectivity index (χ2n) is 9.50. The number of rotatable bonds is 16. The molecular formula is C39H48N2. The SMILES string of the molecule is C=C.C=C/C=C\C=C/CN(CC(C)CC=C)c1cc(-c2cccc(/C(C=C)=C/C)c2)cc(N(C)C(=C)/C=C\C=C)c1. The van der Waals surface area contributed by atoms with E-state index in [0.29, 0.717) is 5.92 Å². The second-order valence-corrected chi connectivity index (χ2v) is 9.50. The predicted octanol–water partition coefficient (Wildman–Crippen LogP) is 10.8. The number of allylic oxidation sites excluding steroid dienone is 11. The first-order chi connectivity index (χ1) is 19.9. The zero-order chi connectivity index (χ0) is 30.6. The predicted molar refractivity (Wildman–Crippen MR) is 189 cm³/mol. The van der Waals surface area contributed by atoms with Crippen LogP contribution in [0.2, 0.25) is 0 Å². The maximum atomic E-state index is 4.28. The van der Waals surface area contributed by atoms with E-state index >= 15 is 0 Å². The molecule has 0 N–H and O–H groups in total. The molecule has 0 aromatic heterocycles. The van der Waals surface area contributed by atoms with Gasteiger partial charge in [0, 0.05) is 37.2 Å². The largest absolute Gasteiger partial charge is 0.367 e. The first-order valence-electron chi connectivity index (χ1n) is 13.9. The van der Waals surface area contributed by atoms with Crippen molar-refractivity contribution in [3.63, 3.8) is 0 Å². The summed E-state index contributed by atoms with van der Waals surface area (Å²) in [6.45, 7) is 31.8. The molecule has 0 fully saturated rings. The molecule has 0 radical (unpaired) electrons. The van der Waals surface area contributed by atoms with Gasteiger partial charge in [0.15, 0.2) is 0 Å². The quantitative estimate of drug-likeness (QED) is 0.153. The van der Waals surface area contributed by atoms with Crippen molar-refractivity contribution < 1.29 is 0 Å². The summed E-state index contributed by atoms with van der Waals surface area (Å²) < 4.78 is 0. The normalized spacial score (nSPS) is 12.0. The Morgan fingerprint density at radius 3 is 2.22 bits per heavy atom. The number of benzene rings is 2. The average Bonchev–Trinajstić information content (AvgIpc) is 3.00. The average molecular weight is 545 g/mol. The van der Waals surface area contributed by atoms with Crippen molar-refractivity contribution in [2.45, 2.75) is 20.3 Å². The topological polar surface area (TPSA) is 6.48 Å². The Bertz CT molecular complexity index is 1280. The Kier molecular flexibility index (Phi) is 16.4. The minimum atomic E-state index is 0.461. The second kappa shape index (κ2) is 19.5. The number of anilines is 2. The van der Waals surface area contributed by atoms with Gasteiger partial charge in [0.05, 0.1) is 0 Å². The molecule has 0 amide bonds. The zero-order valence-corrected chi connectivity index (χ0v) is 25.4. The first kappa shape index (κ1) is 34.5. The van der Waals surface area contributed by atoms with Crippen LogP contribution in [0.3, 0.4) is 0 Å². The fourth-order valence-electron chi connectivity index (χ4n) is 4.31. The van der Waals surface area contributed by atoms with E-state index in [1.807, 2.05) is 43.4 Å². The van der Waals surface area contributed by atoms with Crippen molar-refractivity contribution in [3.05, 3.63) is 167 Å². The summed E-state index contributed by atoms with van der Waals surface area (Å²) in [5.41, 5.74) is 7.68. The van der Waals surface area contributed by atoms with Gasteiger partial charge in [-0.2, -0.15) is 0 Å². The van der Waals surface area contributed by atoms with Crippen LogP contribution in [0, 0.1) is 5.92 Å². The zero-order valence-electron chi connectivity index (χ0n) is 25.4. The van der Waals surface area contributed by atoms with E-state index in [2.05, 4.69) is 131 Å². The van der Waals surface area contributed by atoms with E-state index < -0.39 is 0 Å². The first-order valence-corrected chi connectivity index (χ1v) is 13.9. The van der Waals surface area contributed by atoms with Crippen LogP contribution in [0.5, 0.6) is 0 Å². The van der Waals surface area contributed by atoms with Crippen molar-refractivity contribution >= 4 is 16.9 Å². The number of nitrogens with zero attached hydrogens (tertiary/aromatic N) is 2. The van der Waals surface area contributed by atoms with Gasteiger partial charge >= 0.3 is 0 Å². The minimum absolute atomic E-state index is 0.461. The molecule has 41 heavy (non-hydrogen) atoms. The van der Waals surface area contributed by atoms with Gasteiger partial charge in [0.25, 0.3) is 0 Å². The molecule has 2 rings (SSSR count). The highest BCUT2D eigenvalue weighted by molar-refractivity contribution is 5.80. The van der Waals surface area contributed by atoms with Gasteiger partial charge in [-0.15, -0.1) is 19.7 Å². The Balaban J connectivity index is 0.00000411. The third-order valence-electron chi connectivity index (χ3n) is 6.49. The standard InChI is InChI=1S/C37H44N2.C2H4/c1-9-14-16-17-18-24-39(29-30(6)20-11-3)37-27-35(26-36(28-37)38(8)31(7)21-15-10-2)34-23-19-22-33(25-34)32(12-4)13-5;1-2/h9-19,21-23,25-28,30H,1-4,7,20,24,29H2,5-6,8H3;1-2H2/b16-14-,18-17-,21-15-,32-13+;. The van der Waals surface area contributed by atoms with Crippen LogP contribution < -0.4 is 9.80 Å². The van der Waals surface area contributed by atoms with Gasteiger partial charge in [0.1, 0.15) is 0 Å². The summed E-state index contributed by atoms with van der Waals surface area (Å²) in [6.07, 6.45) is 22.6. The summed E-state index contributed by atoms with van der Waals surface area (Å²) in [7, 11) is 2.05. The van der Waals surface area contributed by atoms with Gasteiger partial charge in [0.2, 0.25) is 0 Å². The van der Waals surface area contributed by atoms with Gasteiger partial charge < -0.3 is 9.80 Å². The van der Waals surface area contributed by atoms with Crippen molar-refractivity contribution in [2.24, 2.45) is 5.92 Å². The molecule has 0 aliphatic rings. The molecule has 2 aromatic carbocycles. The third kappa shape index (κ3) is 11.2. The van der Waals surface area contributed by atoms with Crippen LogP contribution in [-0.4, -0.2) is 20.1 Å². The lowest BCUT2D eigenvalue weighted by molar-refractivity contribution is 0.579. The third-order valence-corrected chi connectivity index (χ3v) is 6.49. The summed E-state index contributed by atoms with van der Waals surface area (Å²) >= 11 is 0. The van der Waals surface area contributed by atoms with Gasteiger partial charge in [-0.05, 0) is 71.9 Å². The fourth-order valence-corrected chi connectivity index (χ4v) is 4.31. The molecular weight excluding hydrogens is 496 g/mol. The lowest BCUT2D eigenvalue weighted by Gasteiger charge is -2.29. The molecule has 0 saturated heterocycles. The number of hydrogen-bond acceptors (Lipinski definition) is 2. The Hall–Kier alpha value is -4.56. The molecule has 1 atom stereocenters. The lowest BCUT2D eigenvalue weighted by atomic mass is 9.97. The maximum Gasteiger partial charge on any atom is 0.0434 e. The monoisotopic (exact) mass is 544 g/mol. The Labute approximate surface area is 250 Å². The van der Waals surface area contributed by atoms with E-state index in [0.717, 1.165) is 58.8 Å². The number of likely N-dealkylation sites (N-methyl/N-ethyl adjacent to an activating group) is 1. The Morgan fingerprint density at radius 1 is 0.878 bits per heavy atom. The Morgan fingerprint density at radius 2 is 1.59 bits per heavy atom. The maximum absolute atomic E-state index is 4.28. The molecule has 214 valence electrons. The van der Waals surface area contributed by atoms with E-state index in [1.165, 1.54) is 0 Å². The van der Waals surface area contributed by atoms with Crippen LogP contribution in [-0.2, 0) is 0 Å². The highest BCUT2D eigenvalue weighted by Crippen LogP contribution is 2.34. The minimum Gasteiger partial charge on any atom is -0.367 e. The van der Waals surface area contributed by atoms with E-state index in [1.54, 1.807) is 12.2 Å². The molecule has 2 aromatic rings. The highest BCUT2D eigenvalue weighted by atomic mass is 15.1. The van der Waals surface area contributed by atoms with Crippen LogP contribution in [0.1, 0.15) is 25.8 Å². The molecule has 0 aliphatic heterocycles. The highest BCUT2D eigenvalue weighted by Gasteiger charge is 2.15. The summed E-state index contributed by atoms with van der Waals surface area (Å²) in [6, 6.07) is 15.4. The van der Waals surface area contributed by atoms with E-state index in [9.17, 15) is 0 Å². The molecule has 0 aliphatic carbocycles. The van der Waals surface area contributed by atoms with Gasteiger partial charge in [-0.25, -0.2) is 0 Å². The molecule has 0 heterocycles. The van der Waals surface area contributed by atoms with E-state index in [4.69, 9.17) is 0 Å². The van der Waals surface area contributed by atoms with Gasteiger partial charge in [-0.3, -0.25) is 0 Å². The number of hydrogen-bond donors (Lipinski definition) is 0. The van der Waals surface area contributed by atoms with Crippen LogP contribution in [0.15, 0.2) is 161 Å². The smallest absolute Gasteiger partial charge is 0.0434 e. The molecule has 2 nitrogen and oxygen atoms in total. The molecule has 2 heteroatoms. The molecule has 0 spiro atoms. The van der Waals surface area contributed by atoms with Crippen molar-refractivity contribution in [1.29, 1.82) is 0 Å². The van der Waals surface area contributed by atoms with Crippen molar-refractivity contribution in [1.82, 2.24) is 0 Å². The van der Waals surface area contributed by atoms with E-state index in [-0.39, 0.29) is 0 Å². The lowest BCUT2D eigenvalue weighted by Crippen LogP contribution is -2.29. The fraction of sp³-hybridized carbons (Fsp3) is 0.179.